The van der Waals surface area contributed by atoms with Gasteiger partial charge in [-0.3, -0.25) is 4.72 Å². The number of hydrogen-bond acceptors (Lipinski definition) is 3. The van der Waals surface area contributed by atoms with Crippen LogP contribution in [0.4, 0.5) is 5.69 Å². The van der Waals surface area contributed by atoms with Gasteiger partial charge in [0, 0.05) is 5.56 Å². The Labute approximate surface area is 155 Å². The summed E-state index contributed by atoms with van der Waals surface area (Å²) in [5.41, 5.74) is 2.77. The number of H-pyrrole nitrogens is 1. The van der Waals surface area contributed by atoms with Crippen molar-refractivity contribution < 1.29 is 8.42 Å². The number of nitrogens with one attached hydrogen (secondary N) is 2. The van der Waals surface area contributed by atoms with E-state index in [4.69, 9.17) is 11.6 Å². The first-order valence-corrected chi connectivity index (χ1v) is 9.72. The van der Waals surface area contributed by atoms with Crippen molar-refractivity contribution in [3.63, 3.8) is 0 Å². The summed E-state index contributed by atoms with van der Waals surface area (Å²) < 4.78 is 28.1. The van der Waals surface area contributed by atoms with Crippen LogP contribution in [0.3, 0.4) is 0 Å². The predicted octanol–water partition coefficient (Wildman–Crippen LogP) is 4.68. The molecule has 4 aromatic rings. The van der Waals surface area contributed by atoms with Gasteiger partial charge in [0.25, 0.3) is 10.0 Å². The highest BCUT2D eigenvalue weighted by molar-refractivity contribution is 7.92. The van der Waals surface area contributed by atoms with Gasteiger partial charge >= 0.3 is 0 Å². The zero-order valence-corrected chi connectivity index (χ0v) is 15.1. The van der Waals surface area contributed by atoms with Crippen molar-refractivity contribution in [3.05, 3.63) is 77.8 Å². The molecule has 0 bridgehead atoms. The first-order valence-electron chi connectivity index (χ1n) is 7.86. The Balaban J connectivity index is 1.78. The van der Waals surface area contributed by atoms with E-state index in [2.05, 4.69) is 14.7 Å². The molecule has 0 saturated heterocycles. The van der Waals surface area contributed by atoms with Gasteiger partial charge in [0.05, 0.1) is 21.7 Å². The smallest absolute Gasteiger partial charge is 0.263 e. The molecule has 3 aromatic carbocycles. The Morgan fingerprint density at radius 1 is 0.885 bits per heavy atom. The van der Waals surface area contributed by atoms with E-state index in [9.17, 15) is 8.42 Å². The summed E-state index contributed by atoms with van der Waals surface area (Å²) in [6, 6.07) is 21.0. The Hall–Kier alpha value is -2.83. The van der Waals surface area contributed by atoms with Crippen molar-refractivity contribution in [1.82, 2.24) is 9.97 Å². The Bertz CT molecular complexity index is 1170. The molecule has 0 radical (unpaired) electrons. The van der Waals surface area contributed by atoms with Crippen LogP contribution in [0, 0.1) is 0 Å². The lowest BCUT2D eigenvalue weighted by Crippen LogP contribution is -2.14. The molecule has 0 aliphatic rings. The number of aromatic nitrogens is 2. The molecule has 0 aliphatic carbocycles. The van der Waals surface area contributed by atoms with Crippen molar-refractivity contribution in [2.75, 3.05) is 4.72 Å². The highest BCUT2D eigenvalue weighted by Gasteiger charge is 2.20. The molecule has 0 amide bonds. The summed E-state index contributed by atoms with van der Waals surface area (Å²) in [5.74, 6) is 0.587. The van der Waals surface area contributed by atoms with Crippen LogP contribution in [0.5, 0.6) is 0 Å². The van der Waals surface area contributed by atoms with Crippen LogP contribution in [0.2, 0.25) is 5.02 Å². The monoisotopic (exact) mass is 383 g/mol. The minimum absolute atomic E-state index is 0.0288. The number of para-hydroxylation sites is 3. The summed E-state index contributed by atoms with van der Waals surface area (Å²) in [4.78, 5) is 7.79. The van der Waals surface area contributed by atoms with Crippen LogP contribution >= 0.6 is 11.6 Å². The lowest BCUT2D eigenvalue weighted by molar-refractivity contribution is 0.601. The molecular weight excluding hydrogens is 370 g/mol. The van der Waals surface area contributed by atoms with Crippen LogP contribution in [0.25, 0.3) is 22.4 Å². The second-order valence-electron chi connectivity index (χ2n) is 5.68. The molecule has 1 aromatic heterocycles. The largest absolute Gasteiger partial charge is 0.338 e. The molecule has 0 unspecified atom stereocenters. The third kappa shape index (κ3) is 3.05. The molecule has 0 fully saturated rings. The molecule has 0 spiro atoms. The number of halogens is 1. The Morgan fingerprint density at radius 3 is 2.38 bits per heavy atom. The summed E-state index contributed by atoms with van der Waals surface area (Å²) >= 11 is 6.05. The van der Waals surface area contributed by atoms with Gasteiger partial charge in [0.1, 0.15) is 10.7 Å². The lowest BCUT2D eigenvalue weighted by atomic mass is 10.2. The maximum absolute atomic E-state index is 12.8. The summed E-state index contributed by atoms with van der Waals surface area (Å²) in [6.07, 6.45) is 0. The first-order chi connectivity index (χ1) is 12.5. The normalized spacial score (nSPS) is 11.6. The second-order valence-corrected chi connectivity index (χ2v) is 7.74. The summed E-state index contributed by atoms with van der Waals surface area (Å²) in [7, 11) is -3.83. The average Bonchev–Trinajstić information content (AvgIpc) is 3.06. The van der Waals surface area contributed by atoms with Crippen molar-refractivity contribution in [2.24, 2.45) is 0 Å². The van der Waals surface area contributed by atoms with Crippen LogP contribution in [0.15, 0.2) is 77.7 Å². The van der Waals surface area contributed by atoms with Gasteiger partial charge in [-0.2, -0.15) is 0 Å². The fourth-order valence-electron chi connectivity index (χ4n) is 2.72. The van der Waals surface area contributed by atoms with Crippen LogP contribution in [0.1, 0.15) is 0 Å². The highest BCUT2D eigenvalue weighted by atomic mass is 35.5. The van der Waals surface area contributed by atoms with E-state index in [0.29, 0.717) is 17.1 Å². The topological polar surface area (TPSA) is 74.8 Å². The van der Waals surface area contributed by atoms with Gasteiger partial charge in [-0.05, 0) is 36.4 Å². The fraction of sp³-hybridized carbons (Fsp3) is 0. The maximum Gasteiger partial charge on any atom is 0.263 e. The number of sulfonamides is 1. The van der Waals surface area contributed by atoms with Gasteiger partial charge in [0.15, 0.2) is 0 Å². The number of imidazole rings is 1. The van der Waals surface area contributed by atoms with Gasteiger partial charge in [-0.1, -0.05) is 48.0 Å². The van der Waals surface area contributed by atoms with E-state index in [1.54, 1.807) is 30.3 Å². The van der Waals surface area contributed by atoms with Gasteiger partial charge in [0.2, 0.25) is 0 Å². The molecule has 1 heterocycles. The number of anilines is 1. The molecule has 7 heteroatoms. The zero-order chi connectivity index (χ0) is 18.1. The van der Waals surface area contributed by atoms with E-state index in [1.165, 1.54) is 6.07 Å². The highest BCUT2D eigenvalue weighted by Crippen LogP contribution is 2.30. The summed E-state index contributed by atoms with van der Waals surface area (Å²) in [6.45, 7) is 0. The Morgan fingerprint density at radius 2 is 1.58 bits per heavy atom. The molecule has 0 aliphatic heterocycles. The number of rotatable bonds is 4. The van der Waals surface area contributed by atoms with E-state index < -0.39 is 10.0 Å². The number of fused-ring (bicyclic) bond motifs is 1. The molecule has 4 rings (SSSR count). The van der Waals surface area contributed by atoms with Gasteiger partial charge in [-0.15, -0.1) is 0 Å². The van der Waals surface area contributed by atoms with E-state index in [1.807, 2.05) is 36.4 Å². The van der Waals surface area contributed by atoms with E-state index in [0.717, 1.165) is 11.0 Å². The molecule has 26 heavy (non-hydrogen) atoms. The average molecular weight is 384 g/mol. The standard InChI is InChI=1S/C19H14ClN3O2S/c20-14-8-2-6-12-18(14)26(24,25)23-15-9-3-1-7-13(15)19-21-16-10-4-5-11-17(16)22-19/h1-12,23H,(H,21,22). The van der Waals surface area contributed by atoms with Gasteiger partial charge in [-0.25, -0.2) is 13.4 Å². The van der Waals surface area contributed by atoms with Gasteiger partial charge < -0.3 is 4.98 Å². The Kier molecular flexibility index (Phi) is 4.14. The third-order valence-corrected chi connectivity index (χ3v) is 5.81. The number of aromatic amines is 1. The number of nitrogens with zero attached hydrogens (tertiary/aromatic N) is 1. The molecule has 130 valence electrons. The molecule has 0 atom stereocenters. The van der Waals surface area contributed by atoms with Crippen molar-refractivity contribution in [2.45, 2.75) is 4.90 Å². The molecule has 5 nitrogen and oxygen atoms in total. The minimum Gasteiger partial charge on any atom is -0.338 e. The number of hydrogen-bond donors (Lipinski definition) is 2. The number of benzene rings is 3. The van der Waals surface area contributed by atoms with Crippen LogP contribution in [-0.2, 0) is 10.0 Å². The summed E-state index contributed by atoms with van der Waals surface area (Å²) in [5, 5.41) is 0.168. The van der Waals surface area contributed by atoms with Crippen LogP contribution in [-0.4, -0.2) is 18.4 Å². The molecule has 2 N–H and O–H groups in total. The maximum atomic E-state index is 12.8. The predicted molar refractivity (Wildman–Crippen MR) is 104 cm³/mol. The zero-order valence-electron chi connectivity index (χ0n) is 13.5. The second kappa shape index (κ2) is 6.48. The third-order valence-electron chi connectivity index (χ3n) is 3.94. The van der Waals surface area contributed by atoms with Crippen LogP contribution < -0.4 is 4.72 Å². The quantitative estimate of drug-likeness (QED) is 0.537. The fourth-order valence-corrected chi connectivity index (χ4v) is 4.32. The lowest BCUT2D eigenvalue weighted by Gasteiger charge is -2.12. The van der Waals surface area contributed by atoms with Crippen molar-refractivity contribution in [1.29, 1.82) is 0 Å². The van der Waals surface area contributed by atoms with E-state index >= 15 is 0 Å². The minimum atomic E-state index is -3.83. The molecule has 0 saturated carbocycles. The SMILES string of the molecule is O=S(=O)(Nc1ccccc1-c1nc2ccccc2[nH]1)c1ccccc1Cl. The first kappa shape index (κ1) is 16.6. The van der Waals surface area contributed by atoms with Crippen molar-refractivity contribution >= 4 is 38.3 Å². The van der Waals surface area contributed by atoms with Crippen molar-refractivity contribution in [3.8, 4) is 11.4 Å². The molecular formula is C19H14ClN3O2S. The van der Waals surface area contributed by atoms with E-state index in [-0.39, 0.29) is 9.92 Å².